The molecule has 5 nitrogen and oxygen atoms in total. The Morgan fingerprint density at radius 3 is 2.58 bits per heavy atom. The molecule has 0 aliphatic carbocycles. The summed E-state index contributed by atoms with van der Waals surface area (Å²) < 4.78 is 0. The first-order valence-electron chi connectivity index (χ1n) is 8.38. The molecule has 138 valence electrons. The highest BCUT2D eigenvalue weighted by Gasteiger charge is 2.24. The zero-order valence-corrected chi connectivity index (χ0v) is 16.5. The first kappa shape index (κ1) is 19.2. The standard InChI is InChI=1S/C18H19Cl2N3O2S/c19-15-2-1-14(9-16(15)20)18(25)21-10-17(24)23-6-4-22(5-7-23)11-13-3-8-26-12-13/h1-3,8-9,12H,4-7,10-11H2,(H,21,25)/p+1. The van der Waals surface area contributed by atoms with Crippen molar-refractivity contribution in [1.29, 1.82) is 0 Å². The third-order valence-corrected chi connectivity index (χ3v) is 5.91. The van der Waals surface area contributed by atoms with Gasteiger partial charge in [0.2, 0.25) is 5.91 Å². The molecule has 26 heavy (non-hydrogen) atoms. The molecule has 0 saturated carbocycles. The number of halogens is 2. The molecule has 1 saturated heterocycles. The molecule has 2 aromatic rings. The van der Waals surface area contributed by atoms with Gasteiger partial charge in [0.15, 0.2) is 0 Å². The number of carbonyl (C=O) groups is 2. The minimum absolute atomic E-state index is 0.0149. The smallest absolute Gasteiger partial charge is 0.251 e. The fourth-order valence-electron chi connectivity index (χ4n) is 2.94. The van der Waals surface area contributed by atoms with Crippen LogP contribution >= 0.6 is 34.5 Å². The Balaban J connectivity index is 1.44. The molecule has 2 amide bonds. The van der Waals surface area contributed by atoms with Gasteiger partial charge in [-0.25, -0.2) is 0 Å². The average Bonchev–Trinajstić information content (AvgIpc) is 3.15. The molecule has 8 heteroatoms. The SMILES string of the molecule is O=C(NCC(=O)N1CC[NH+](Cc2ccsc2)CC1)c1ccc(Cl)c(Cl)c1. The van der Waals surface area contributed by atoms with Crippen LogP contribution in [-0.4, -0.2) is 49.4 Å². The second kappa shape index (κ2) is 8.86. The van der Waals surface area contributed by atoms with Gasteiger partial charge < -0.3 is 15.1 Å². The molecule has 1 fully saturated rings. The summed E-state index contributed by atoms with van der Waals surface area (Å²) >= 11 is 13.5. The maximum absolute atomic E-state index is 12.3. The first-order chi connectivity index (χ1) is 12.5. The number of rotatable bonds is 5. The summed E-state index contributed by atoms with van der Waals surface area (Å²) in [5.74, 6) is -0.397. The summed E-state index contributed by atoms with van der Waals surface area (Å²) in [5, 5.41) is 7.62. The molecule has 0 radical (unpaired) electrons. The Morgan fingerprint density at radius 1 is 1.15 bits per heavy atom. The third kappa shape index (κ3) is 4.98. The molecule has 0 bridgehead atoms. The molecule has 0 atom stereocenters. The van der Waals surface area contributed by atoms with E-state index in [-0.39, 0.29) is 18.4 Å². The van der Waals surface area contributed by atoms with Crippen LogP contribution in [0.3, 0.4) is 0 Å². The van der Waals surface area contributed by atoms with Crippen molar-refractivity contribution in [2.24, 2.45) is 0 Å². The van der Waals surface area contributed by atoms with Gasteiger partial charge in [-0.2, -0.15) is 11.3 Å². The maximum Gasteiger partial charge on any atom is 0.251 e. The van der Waals surface area contributed by atoms with E-state index in [0.29, 0.717) is 28.7 Å². The molecule has 2 heterocycles. The van der Waals surface area contributed by atoms with Crippen molar-refractivity contribution < 1.29 is 14.5 Å². The summed E-state index contributed by atoms with van der Waals surface area (Å²) in [6.45, 7) is 4.24. The van der Waals surface area contributed by atoms with E-state index < -0.39 is 0 Å². The van der Waals surface area contributed by atoms with Crippen LogP contribution in [0, 0.1) is 0 Å². The maximum atomic E-state index is 12.3. The second-order valence-corrected chi connectivity index (χ2v) is 7.85. The molecule has 0 unspecified atom stereocenters. The number of hydrogen-bond acceptors (Lipinski definition) is 3. The lowest BCUT2D eigenvalue weighted by atomic mass is 10.2. The quantitative estimate of drug-likeness (QED) is 0.785. The molecule has 1 aromatic heterocycles. The van der Waals surface area contributed by atoms with Gasteiger partial charge in [0.25, 0.3) is 5.91 Å². The van der Waals surface area contributed by atoms with Gasteiger partial charge in [0.1, 0.15) is 6.54 Å². The van der Waals surface area contributed by atoms with Crippen molar-refractivity contribution >= 4 is 46.4 Å². The third-order valence-electron chi connectivity index (χ3n) is 4.44. The number of nitrogens with zero attached hydrogens (tertiary/aromatic N) is 1. The molecule has 1 aromatic carbocycles. The molecule has 1 aliphatic rings. The lowest BCUT2D eigenvalue weighted by molar-refractivity contribution is -0.917. The molecular weight excluding hydrogens is 393 g/mol. The highest BCUT2D eigenvalue weighted by Crippen LogP contribution is 2.22. The topological polar surface area (TPSA) is 53.9 Å². The predicted molar refractivity (Wildman–Crippen MR) is 104 cm³/mol. The highest BCUT2D eigenvalue weighted by atomic mass is 35.5. The van der Waals surface area contributed by atoms with E-state index in [1.807, 2.05) is 4.90 Å². The normalized spacial score (nSPS) is 15.1. The van der Waals surface area contributed by atoms with Crippen molar-refractivity contribution in [3.8, 4) is 0 Å². The Kier molecular flexibility index (Phi) is 6.53. The molecular formula is C18H20Cl2N3O2S+. The van der Waals surface area contributed by atoms with E-state index in [1.165, 1.54) is 16.5 Å². The summed E-state index contributed by atoms with van der Waals surface area (Å²) in [4.78, 5) is 27.8. The summed E-state index contributed by atoms with van der Waals surface area (Å²) in [7, 11) is 0. The monoisotopic (exact) mass is 412 g/mol. The van der Waals surface area contributed by atoms with Crippen LogP contribution in [-0.2, 0) is 11.3 Å². The summed E-state index contributed by atoms with van der Waals surface area (Å²) in [5.41, 5.74) is 1.73. The van der Waals surface area contributed by atoms with Crippen LogP contribution in [0.4, 0.5) is 0 Å². The van der Waals surface area contributed by atoms with Crippen molar-refractivity contribution in [2.75, 3.05) is 32.7 Å². The Labute approximate surface area is 166 Å². The van der Waals surface area contributed by atoms with Crippen LogP contribution < -0.4 is 10.2 Å². The van der Waals surface area contributed by atoms with Crippen molar-refractivity contribution in [3.63, 3.8) is 0 Å². The first-order valence-corrected chi connectivity index (χ1v) is 10.1. The largest absolute Gasteiger partial charge is 0.343 e. The zero-order valence-electron chi connectivity index (χ0n) is 14.1. The van der Waals surface area contributed by atoms with Gasteiger partial charge in [-0.1, -0.05) is 23.2 Å². The van der Waals surface area contributed by atoms with Gasteiger partial charge in [0, 0.05) is 11.1 Å². The lowest BCUT2D eigenvalue weighted by Gasteiger charge is -2.32. The zero-order chi connectivity index (χ0) is 18.5. The van der Waals surface area contributed by atoms with Gasteiger partial charge in [-0.05, 0) is 35.0 Å². The summed E-state index contributed by atoms with van der Waals surface area (Å²) in [6.07, 6.45) is 0. The number of quaternary nitrogens is 1. The molecule has 0 spiro atoms. The van der Waals surface area contributed by atoms with Crippen molar-refractivity contribution in [2.45, 2.75) is 6.54 Å². The molecule has 2 N–H and O–H groups in total. The molecule has 1 aliphatic heterocycles. The van der Waals surface area contributed by atoms with Crippen molar-refractivity contribution in [3.05, 3.63) is 56.2 Å². The molecule has 3 rings (SSSR count). The van der Waals surface area contributed by atoms with Crippen LogP contribution in [0.2, 0.25) is 10.0 Å². The average molecular weight is 413 g/mol. The van der Waals surface area contributed by atoms with E-state index in [4.69, 9.17) is 23.2 Å². The Morgan fingerprint density at radius 2 is 1.92 bits per heavy atom. The van der Waals surface area contributed by atoms with Gasteiger partial charge >= 0.3 is 0 Å². The van der Waals surface area contributed by atoms with Crippen LogP contribution in [0.15, 0.2) is 35.0 Å². The van der Waals surface area contributed by atoms with Gasteiger partial charge in [-0.3, -0.25) is 9.59 Å². The fourth-order valence-corrected chi connectivity index (χ4v) is 3.90. The lowest BCUT2D eigenvalue weighted by Crippen LogP contribution is -3.13. The van der Waals surface area contributed by atoms with Crippen LogP contribution in [0.1, 0.15) is 15.9 Å². The number of amides is 2. The van der Waals surface area contributed by atoms with Crippen LogP contribution in [0.5, 0.6) is 0 Å². The number of hydrogen-bond donors (Lipinski definition) is 2. The number of thiophene rings is 1. The fraction of sp³-hybridized carbons (Fsp3) is 0.333. The highest BCUT2D eigenvalue weighted by molar-refractivity contribution is 7.07. The second-order valence-electron chi connectivity index (χ2n) is 6.25. The number of nitrogens with one attached hydrogen (secondary N) is 2. The van der Waals surface area contributed by atoms with E-state index in [9.17, 15) is 9.59 Å². The Hall–Kier alpha value is -1.60. The number of piperazine rings is 1. The van der Waals surface area contributed by atoms with E-state index in [0.717, 1.165) is 19.6 Å². The number of benzene rings is 1. The van der Waals surface area contributed by atoms with Crippen molar-refractivity contribution in [1.82, 2.24) is 10.2 Å². The van der Waals surface area contributed by atoms with Crippen LogP contribution in [0.25, 0.3) is 0 Å². The van der Waals surface area contributed by atoms with Gasteiger partial charge in [0.05, 0.1) is 42.8 Å². The number of carbonyl (C=O) groups excluding carboxylic acids is 2. The summed E-state index contributed by atoms with van der Waals surface area (Å²) in [6, 6.07) is 6.79. The van der Waals surface area contributed by atoms with Gasteiger partial charge in [-0.15, -0.1) is 0 Å². The van der Waals surface area contributed by atoms with E-state index in [2.05, 4.69) is 22.1 Å². The van der Waals surface area contributed by atoms with E-state index in [1.54, 1.807) is 23.5 Å². The van der Waals surface area contributed by atoms with E-state index >= 15 is 0 Å². The predicted octanol–water partition coefficient (Wildman–Crippen LogP) is 1.71. The minimum atomic E-state index is -0.335. The Bertz CT molecular complexity index is 775. The minimum Gasteiger partial charge on any atom is -0.343 e.